The lowest BCUT2D eigenvalue weighted by Gasteiger charge is -2.27. The molecule has 4 N–H and O–H groups in total. The van der Waals surface area contributed by atoms with Crippen molar-refractivity contribution in [2.45, 2.75) is 18.9 Å². The van der Waals surface area contributed by atoms with E-state index in [0.29, 0.717) is 17.3 Å². The third-order valence-corrected chi connectivity index (χ3v) is 3.90. The summed E-state index contributed by atoms with van der Waals surface area (Å²) in [6.07, 6.45) is 2.47. The number of amides is 1. The number of likely N-dealkylation sites (N-methyl/N-ethyl adjacent to an activating group) is 2. The van der Waals surface area contributed by atoms with Crippen molar-refractivity contribution in [2.75, 3.05) is 37.8 Å². The lowest BCUT2D eigenvalue weighted by molar-refractivity contribution is 0.100. The first-order valence-electron chi connectivity index (χ1n) is 6.59. The average Bonchev–Trinajstić information content (AvgIpc) is 2.75. The molecule has 5 heteroatoms. The number of hydrogen-bond donors (Lipinski definition) is 2. The van der Waals surface area contributed by atoms with Crippen molar-refractivity contribution in [3.63, 3.8) is 0 Å². The fourth-order valence-corrected chi connectivity index (χ4v) is 2.63. The summed E-state index contributed by atoms with van der Waals surface area (Å²) in [7, 11) is 4.19. The molecule has 0 aliphatic carbocycles. The third kappa shape index (κ3) is 2.98. The van der Waals surface area contributed by atoms with Crippen LogP contribution in [0.25, 0.3) is 0 Å². The summed E-state index contributed by atoms with van der Waals surface area (Å²) in [5.41, 5.74) is 12.9. The van der Waals surface area contributed by atoms with E-state index < -0.39 is 5.91 Å². The van der Waals surface area contributed by atoms with Gasteiger partial charge in [0.25, 0.3) is 5.91 Å². The van der Waals surface area contributed by atoms with E-state index in [1.54, 1.807) is 12.1 Å². The van der Waals surface area contributed by atoms with Crippen molar-refractivity contribution in [1.82, 2.24) is 4.90 Å². The molecule has 0 radical (unpaired) electrons. The third-order valence-electron chi connectivity index (χ3n) is 3.90. The lowest BCUT2D eigenvalue weighted by Crippen LogP contribution is -2.36. The average molecular weight is 262 g/mol. The van der Waals surface area contributed by atoms with Crippen LogP contribution in [0, 0.1) is 0 Å². The highest BCUT2D eigenvalue weighted by atomic mass is 16.1. The van der Waals surface area contributed by atoms with Crippen LogP contribution in [-0.4, -0.2) is 44.0 Å². The van der Waals surface area contributed by atoms with E-state index in [0.717, 1.165) is 18.8 Å². The number of anilines is 2. The molecular formula is C14H22N4O. The number of likely N-dealkylation sites (tertiary alicyclic amines) is 1. The Balaban J connectivity index is 2.12. The first-order chi connectivity index (χ1) is 8.99. The Morgan fingerprint density at radius 3 is 2.84 bits per heavy atom. The van der Waals surface area contributed by atoms with Crippen molar-refractivity contribution in [3.05, 3.63) is 23.8 Å². The molecule has 19 heavy (non-hydrogen) atoms. The molecule has 1 aromatic carbocycles. The molecule has 1 aliphatic rings. The monoisotopic (exact) mass is 262 g/mol. The van der Waals surface area contributed by atoms with E-state index in [1.807, 2.05) is 13.1 Å². The molecule has 1 aromatic rings. The molecule has 1 atom stereocenters. The van der Waals surface area contributed by atoms with Gasteiger partial charge in [-0.1, -0.05) is 0 Å². The van der Waals surface area contributed by atoms with Crippen molar-refractivity contribution < 1.29 is 4.79 Å². The standard InChI is InChI=1S/C14H22N4O/c1-17-7-3-4-11(17)9-18(2)10-5-6-13(15)12(8-10)14(16)19/h5-6,8,11H,3-4,7,9,15H2,1-2H3,(H2,16,19). The molecular weight excluding hydrogens is 240 g/mol. The maximum Gasteiger partial charge on any atom is 0.250 e. The molecule has 0 spiro atoms. The first kappa shape index (κ1) is 13.7. The maximum absolute atomic E-state index is 11.3. The number of primary amides is 1. The highest BCUT2D eigenvalue weighted by molar-refractivity contribution is 5.99. The topological polar surface area (TPSA) is 75.6 Å². The van der Waals surface area contributed by atoms with E-state index in [2.05, 4.69) is 16.8 Å². The number of carbonyl (C=O) groups is 1. The fraction of sp³-hybridized carbons (Fsp3) is 0.500. The van der Waals surface area contributed by atoms with Crippen LogP contribution in [-0.2, 0) is 0 Å². The summed E-state index contributed by atoms with van der Waals surface area (Å²) in [5.74, 6) is -0.481. The van der Waals surface area contributed by atoms with Crippen molar-refractivity contribution in [3.8, 4) is 0 Å². The second-order valence-electron chi connectivity index (χ2n) is 5.29. The number of hydrogen-bond acceptors (Lipinski definition) is 4. The zero-order valence-corrected chi connectivity index (χ0v) is 11.6. The van der Waals surface area contributed by atoms with Gasteiger partial charge in [0, 0.05) is 31.0 Å². The zero-order chi connectivity index (χ0) is 14.0. The van der Waals surface area contributed by atoms with Gasteiger partial charge in [-0.05, 0) is 44.6 Å². The molecule has 1 fully saturated rings. The van der Waals surface area contributed by atoms with Crippen molar-refractivity contribution in [1.29, 1.82) is 0 Å². The Morgan fingerprint density at radius 2 is 2.26 bits per heavy atom. The van der Waals surface area contributed by atoms with Gasteiger partial charge in [0.15, 0.2) is 0 Å². The van der Waals surface area contributed by atoms with E-state index in [-0.39, 0.29) is 0 Å². The van der Waals surface area contributed by atoms with E-state index in [1.165, 1.54) is 12.8 Å². The predicted molar refractivity (Wildman–Crippen MR) is 78.3 cm³/mol. The molecule has 1 unspecified atom stereocenters. The van der Waals surface area contributed by atoms with Crippen LogP contribution in [0.15, 0.2) is 18.2 Å². The highest BCUT2D eigenvalue weighted by Crippen LogP contribution is 2.22. The minimum Gasteiger partial charge on any atom is -0.398 e. The zero-order valence-electron chi connectivity index (χ0n) is 11.6. The normalized spacial score (nSPS) is 19.6. The molecule has 0 aromatic heterocycles. The van der Waals surface area contributed by atoms with Crippen LogP contribution >= 0.6 is 0 Å². The van der Waals surface area contributed by atoms with Crippen LogP contribution < -0.4 is 16.4 Å². The summed E-state index contributed by atoms with van der Waals surface area (Å²) in [5, 5.41) is 0. The summed E-state index contributed by atoms with van der Waals surface area (Å²) in [4.78, 5) is 15.8. The number of benzene rings is 1. The number of nitrogens with two attached hydrogens (primary N) is 2. The van der Waals surface area contributed by atoms with Gasteiger partial charge in [0.2, 0.25) is 0 Å². The van der Waals surface area contributed by atoms with Gasteiger partial charge in [-0.3, -0.25) is 4.79 Å². The van der Waals surface area contributed by atoms with Gasteiger partial charge in [0.05, 0.1) is 5.56 Å². The van der Waals surface area contributed by atoms with Crippen molar-refractivity contribution >= 4 is 17.3 Å². The van der Waals surface area contributed by atoms with Crippen LogP contribution in [0.5, 0.6) is 0 Å². The Morgan fingerprint density at radius 1 is 1.53 bits per heavy atom. The molecule has 104 valence electrons. The molecule has 1 heterocycles. The largest absolute Gasteiger partial charge is 0.398 e. The lowest BCUT2D eigenvalue weighted by atomic mass is 10.1. The second-order valence-corrected chi connectivity index (χ2v) is 5.29. The van der Waals surface area contributed by atoms with Gasteiger partial charge >= 0.3 is 0 Å². The van der Waals surface area contributed by atoms with E-state index >= 15 is 0 Å². The number of rotatable bonds is 4. The predicted octanol–water partition coefficient (Wildman–Crippen LogP) is 0.898. The second kappa shape index (κ2) is 5.48. The first-order valence-corrected chi connectivity index (χ1v) is 6.59. The quantitative estimate of drug-likeness (QED) is 0.790. The highest BCUT2D eigenvalue weighted by Gasteiger charge is 2.22. The summed E-state index contributed by atoms with van der Waals surface area (Å²) < 4.78 is 0. The van der Waals surface area contributed by atoms with Gasteiger partial charge in [0.1, 0.15) is 0 Å². The molecule has 0 saturated carbocycles. The van der Waals surface area contributed by atoms with Crippen LogP contribution in [0.1, 0.15) is 23.2 Å². The van der Waals surface area contributed by atoms with Crippen LogP contribution in [0.2, 0.25) is 0 Å². The summed E-state index contributed by atoms with van der Waals surface area (Å²) in [6.45, 7) is 2.10. The minimum atomic E-state index is -0.481. The molecule has 1 aliphatic heterocycles. The molecule has 5 nitrogen and oxygen atoms in total. The Kier molecular flexibility index (Phi) is 3.95. The smallest absolute Gasteiger partial charge is 0.250 e. The van der Waals surface area contributed by atoms with Crippen LogP contribution in [0.3, 0.4) is 0 Å². The fourth-order valence-electron chi connectivity index (χ4n) is 2.63. The van der Waals surface area contributed by atoms with Gasteiger partial charge in [-0.15, -0.1) is 0 Å². The number of nitrogens with zero attached hydrogens (tertiary/aromatic N) is 2. The number of carbonyl (C=O) groups excluding carboxylic acids is 1. The van der Waals surface area contributed by atoms with Gasteiger partial charge < -0.3 is 21.3 Å². The molecule has 1 amide bonds. The SMILES string of the molecule is CN(CC1CCCN1C)c1ccc(N)c(C(N)=O)c1. The van der Waals surface area contributed by atoms with Gasteiger partial charge in [-0.2, -0.15) is 0 Å². The van der Waals surface area contributed by atoms with Gasteiger partial charge in [-0.25, -0.2) is 0 Å². The molecule has 2 rings (SSSR count). The van der Waals surface area contributed by atoms with E-state index in [9.17, 15) is 4.79 Å². The van der Waals surface area contributed by atoms with E-state index in [4.69, 9.17) is 11.5 Å². The van der Waals surface area contributed by atoms with Crippen molar-refractivity contribution in [2.24, 2.45) is 5.73 Å². The number of nitrogen functional groups attached to an aromatic ring is 1. The molecule has 0 bridgehead atoms. The Hall–Kier alpha value is -1.75. The summed E-state index contributed by atoms with van der Waals surface area (Å²) >= 11 is 0. The molecule has 1 saturated heterocycles. The minimum absolute atomic E-state index is 0.393. The van der Waals surface area contributed by atoms with Crippen LogP contribution in [0.4, 0.5) is 11.4 Å². The maximum atomic E-state index is 11.3. The Labute approximate surface area is 114 Å². The Bertz CT molecular complexity index is 475. The summed E-state index contributed by atoms with van der Waals surface area (Å²) in [6, 6.07) is 6.01.